The van der Waals surface area contributed by atoms with Gasteiger partial charge in [0.2, 0.25) is 0 Å². The highest BCUT2D eigenvalue weighted by Crippen LogP contribution is 2.24. The molecule has 23 heavy (non-hydrogen) atoms. The molecule has 0 aliphatic rings. The topological polar surface area (TPSA) is 69.4 Å². The summed E-state index contributed by atoms with van der Waals surface area (Å²) < 4.78 is 7.02. The lowest BCUT2D eigenvalue weighted by Crippen LogP contribution is -2.25. The molecular formula is C16H18N4O2S. The van der Waals surface area contributed by atoms with Crippen LogP contribution in [0, 0.1) is 6.92 Å². The van der Waals surface area contributed by atoms with Crippen LogP contribution in [0.5, 0.6) is 0 Å². The summed E-state index contributed by atoms with van der Waals surface area (Å²) in [7, 11) is 0. The lowest BCUT2D eigenvalue weighted by molar-refractivity contribution is -0.151. The second kappa shape index (κ2) is 5.81. The number of carbonyl (C=O) groups is 1. The summed E-state index contributed by atoms with van der Waals surface area (Å²) in [5, 5.41) is 5.96. The zero-order valence-corrected chi connectivity index (χ0v) is 14.3. The van der Waals surface area contributed by atoms with Crippen LogP contribution in [0.3, 0.4) is 0 Å². The van der Waals surface area contributed by atoms with E-state index in [0.717, 1.165) is 16.6 Å². The molecule has 3 aromatic rings. The Hall–Kier alpha value is -2.15. The Kier molecular flexibility index (Phi) is 3.97. The number of para-hydroxylation sites is 1. The molecule has 0 aliphatic carbocycles. The van der Waals surface area contributed by atoms with E-state index >= 15 is 0 Å². The molecular weight excluding hydrogens is 312 g/mol. The van der Waals surface area contributed by atoms with E-state index in [9.17, 15) is 4.79 Å². The molecule has 120 valence electrons. The minimum atomic E-state index is -0.492. The maximum Gasteiger partial charge on any atom is 0.316 e. The van der Waals surface area contributed by atoms with Gasteiger partial charge >= 0.3 is 5.97 Å². The summed E-state index contributed by atoms with van der Waals surface area (Å²) in [5.41, 5.74) is 1.09. The standard InChI is InChI=1S/C16H18N4O2S/c1-10-17-14-11-7-5-6-8-12(11)18-15(20(14)19-10)23-9-13(21)22-16(2,3)4/h5-8H,9H2,1-4H3. The summed E-state index contributed by atoms with van der Waals surface area (Å²) in [4.78, 5) is 21.0. The van der Waals surface area contributed by atoms with E-state index in [0.29, 0.717) is 11.0 Å². The number of thioether (sulfide) groups is 1. The van der Waals surface area contributed by atoms with Gasteiger partial charge in [-0.15, -0.1) is 5.10 Å². The first-order valence-electron chi connectivity index (χ1n) is 7.30. The number of aryl methyl sites for hydroxylation is 1. The maximum atomic E-state index is 11.9. The fraction of sp³-hybridized carbons (Fsp3) is 0.375. The van der Waals surface area contributed by atoms with Gasteiger partial charge in [-0.25, -0.2) is 9.97 Å². The van der Waals surface area contributed by atoms with Crippen LogP contribution in [0.4, 0.5) is 0 Å². The molecule has 0 amide bonds. The number of benzene rings is 1. The molecule has 0 fully saturated rings. The Labute approximate surface area is 138 Å². The van der Waals surface area contributed by atoms with E-state index in [4.69, 9.17) is 4.74 Å². The van der Waals surface area contributed by atoms with Crippen LogP contribution in [0.15, 0.2) is 29.4 Å². The molecule has 1 aromatic carbocycles. The van der Waals surface area contributed by atoms with E-state index in [-0.39, 0.29) is 11.7 Å². The van der Waals surface area contributed by atoms with Gasteiger partial charge in [-0.2, -0.15) is 4.52 Å². The van der Waals surface area contributed by atoms with Gasteiger partial charge in [0.1, 0.15) is 11.4 Å². The van der Waals surface area contributed by atoms with Gasteiger partial charge in [0.05, 0.1) is 11.3 Å². The number of ether oxygens (including phenoxy) is 1. The monoisotopic (exact) mass is 330 g/mol. The highest BCUT2D eigenvalue weighted by molar-refractivity contribution is 7.99. The van der Waals surface area contributed by atoms with Crippen molar-refractivity contribution in [1.29, 1.82) is 0 Å². The van der Waals surface area contributed by atoms with Crippen molar-refractivity contribution in [3.8, 4) is 0 Å². The lowest BCUT2D eigenvalue weighted by Gasteiger charge is -2.19. The van der Waals surface area contributed by atoms with Crippen molar-refractivity contribution in [3.05, 3.63) is 30.1 Å². The van der Waals surface area contributed by atoms with Crippen LogP contribution < -0.4 is 0 Å². The highest BCUT2D eigenvalue weighted by atomic mass is 32.2. The Morgan fingerprint density at radius 3 is 2.74 bits per heavy atom. The molecule has 0 spiro atoms. The van der Waals surface area contributed by atoms with Gasteiger partial charge in [-0.1, -0.05) is 23.9 Å². The van der Waals surface area contributed by atoms with Crippen LogP contribution in [-0.4, -0.2) is 36.9 Å². The smallest absolute Gasteiger partial charge is 0.316 e. The van der Waals surface area contributed by atoms with Crippen molar-refractivity contribution in [2.75, 3.05) is 5.75 Å². The first-order chi connectivity index (χ1) is 10.8. The van der Waals surface area contributed by atoms with Crippen LogP contribution in [-0.2, 0) is 9.53 Å². The Balaban J connectivity index is 1.95. The highest BCUT2D eigenvalue weighted by Gasteiger charge is 2.18. The molecule has 0 aliphatic heterocycles. The second-order valence-corrected chi connectivity index (χ2v) is 7.12. The molecule has 0 saturated heterocycles. The first kappa shape index (κ1) is 15.7. The van der Waals surface area contributed by atoms with E-state index in [1.807, 2.05) is 52.0 Å². The van der Waals surface area contributed by atoms with E-state index in [2.05, 4.69) is 15.1 Å². The molecule has 0 saturated carbocycles. The molecule has 7 heteroatoms. The van der Waals surface area contributed by atoms with Crippen LogP contribution in [0.1, 0.15) is 26.6 Å². The SMILES string of the molecule is Cc1nc2c3ccccc3nc(SCC(=O)OC(C)(C)C)n2n1. The third kappa shape index (κ3) is 3.44. The van der Waals surface area contributed by atoms with Crippen molar-refractivity contribution in [1.82, 2.24) is 19.6 Å². The average molecular weight is 330 g/mol. The molecule has 0 unspecified atom stereocenters. The fourth-order valence-corrected chi connectivity index (χ4v) is 2.94. The van der Waals surface area contributed by atoms with Crippen molar-refractivity contribution in [2.45, 2.75) is 38.5 Å². The number of rotatable bonds is 3. The predicted octanol–water partition coefficient (Wildman–Crippen LogP) is 3.02. The van der Waals surface area contributed by atoms with Crippen LogP contribution >= 0.6 is 11.8 Å². The summed E-state index contributed by atoms with van der Waals surface area (Å²) >= 11 is 1.30. The summed E-state index contributed by atoms with van der Waals surface area (Å²) in [6, 6.07) is 7.77. The van der Waals surface area contributed by atoms with Gasteiger partial charge in [0.25, 0.3) is 0 Å². The number of fused-ring (bicyclic) bond motifs is 3. The first-order valence-corrected chi connectivity index (χ1v) is 8.29. The molecule has 0 atom stereocenters. The van der Waals surface area contributed by atoms with Gasteiger partial charge in [0.15, 0.2) is 10.8 Å². The molecule has 3 rings (SSSR count). The molecule has 0 bridgehead atoms. The average Bonchev–Trinajstić information content (AvgIpc) is 2.85. The lowest BCUT2D eigenvalue weighted by atomic mass is 10.2. The quantitative estimate of drug-likeness (QED) is 0.418. The Bertz CT molecular complexity index is 883. The van der Waals surface area contributed by atoms with Crippen molar-refractivity contribution < 1.29 is 9.53 Å². The van der Waals surface area contributed by atoms with Gasteiger partial charge in [-0.3, -0.25) is 4.79 Å². The number of aromatic nitrogens is 4. The number of esters is 1. The Morgan fingerprint density at radius 1 is 1.26 bits per heavy atom. The van der Waals surface area contributed by atoms with E-state index < -0.39 is 5.60 Å². The minimum Gasteiger partial charge on any atom is -0.459 e. The summed E-state index contributed by atoms with van der Waals surface area (Å²) in [6.45, 7) is 7.39. The van der Waals surface area contributed by atoms with Gasteiger partial charge in [0, 0.05) is 5.39 Å². The van der Waals surface area contributed by atoms with Gasteiger partial charge < -0.3 is 4.74 Å². The maximum absolute atomic E-state index is 11.9. The van der Waals surface area contributed by atoms with Gasteiger partial charge in [-0.05, 0) is 39.8 Å². The third-order valence-corrected chi connectivity index (χ3v) is 3.90. The molecule has 0 radical (unpaired) electrons. The largest absolute Gasteiger partial charge is 0.459 e. The van der Waals surface area contributed by atoms with Crippen molar-refractivity contribution >= 4 is 34.3 Å². The zero-order valence-electron chi connectivity index (χ0n) is 13.5. The number of nitrogens with zero attached hydrogens (tertiary/aromatic N) is 4. The molecule has 2 heterocycles. The third-order valence-electron chi connectivity index (χ3n) is 2.99. The van der Waals surface area contributed by atoms with E-state index in [1.54, 1.807) is 4.52 Å². The Morgan fingerprint density at radius 2 is 2.00 bits per heavy atom. The molecule has 0 N–H and O–H groups in total. The summed E-state index contributed by atoms with van der Waals surface area (Å²) in [6.07, 6.45) is 0. The van der Waals surface area contributed by atoms with Crippen LogP contribution in [0.2, 0.25) is 0 Å². The van der Waals surface area contributed by atoms with Crippen LogP contribution in [0.25, 0.3) is 16.6 Å². The predicted molar refractivity (Wildman–Crippen MR) is 89.6 cm³/mol. The second-order valence-electron chi connectivity index (χ2n) is 6.18. The van der Waals surface area contributed by atoms with Crippen molar-refractivity contribution in [3.63, 3.8) is 0 Å². The fourth-order valence-electron chi connectivity index (χ4n) is 2.22. The molecule has 2 aromatic heterocycles. The van der Waals surface area contributed by atoms with E-state index in [1.165, 1.54) is 11.8 Å². The molecule has 6 nitrogen and oxygen atoms in total. The van der Waals surface area contributed by atoms with Crippen molar-refractivity contribution in [2.24, 2.45) is 0 Å². The number of hydrogen-bond donors (Lipinski definition) is 0. The minimum absolute atomic E-state index is 0.177. The number of hydrogen-bond acceptors (Lipinski definition) is 6. The zero-order chi connectivity index (χ0) is 16.6. The summed E-state index contributed by atoms with van der Waals surface area (Å²) in [5.74, 6) is 0.570. The number of carbonyl (C=O) groups excluding carboxylic acids is 1. The normalized spacial score (nSPS) is 12.0.